The fourth-order valence-corrected chi connectivity index (χ4v) is 2.48. The van der Waals surface area contributed by atoms with E-state index < -0.39 is 6.17 Å². The van der Waals surface area contributed by atoms with Crippen molar-refractivity contribution < 1.29 is 4.39 Å². The van der Waals surface area contributed by atoms with Crippen LogP contribution in [0, 0.1) is 13.8 Å². The van der Waals surface area contributed by atoms with Gasteiger partial charge >= 0.3 is 0 Å². The molecule has 2 unspecified atom stereocenters. The summed E-state index contributed by atoms with van der Waals surface area (Å²) in [6.07, 6.45) is 2.41. The number of alkyl halides is 1. The van der Waals surface area contributed by atoms with Gasteiger partial charge in [0.2, 0.25) is 0 Å². The van der Waals surface area contributed by atoms with Crippen LogP contribution in [0.25, 0.3) is 0 Å². The quantitative estimate of drug-likeness (QED) is 0.806. The second-order valence-corrected chi connectivity index (χ2v) is 4.82. The fourth-order valence-electron chi connectivity index (χ4n) is 2.48. The van der Waals surface area contributed by atoms with Gasteiger partial charge in [0.15, 0.2) is 0 Å². The first-order valence-corrected chi connectivity index (χ1v) is 6.13. The average Bonchev–Trinajstić information content (AvgIpc) is 2.29. The van der Waals surface area contributed by atoms with E-state index in [9.17, 15) is 4.39 Å². The Morgan fingerprint density at radius 1 is 1.31 bits per heavy atom. The molecule has 2 rings (SSSR count). The molecule has 0 spiro atoms. The molecule has 1 aromatic carbocycles. The maximum atomic E-state index is 14.4. The largest absolute Gasteiger partial charge is 0.311 e. The summed E-state index contributed by atoms with van der Waals surface area (Å²) in [6, 6.07) is 6.00. The number of piperidine rings is 1. The molecule has 1 fully saturated rings. The molecule has 0 radical (unpaired) electrons. The van der Waals surface area contributed by atoms with E-state index in [1.165, 1.54) is 12.0 Å². The Balaban J connectivity index is 2.15. The first-order valence-electron chi connectivity index (χ1n) is 6.13. The fraction of sp³-hybridized carbons (Fsp3) is 0.571. The van der Waals surface area contributed by atoms with E-state index in [4.69, 9.17) is 0 Å². The molecule has 88 valence electrons. The van der Waals surface area contributed by atoms with Gasteiger partial charge in [0.1, 0.15) is 6.17 Å². The van der Waals surface area contributed by atoms with Gasteiger partial charge in [-0.05, 0) is 44.4 Å². The van der Waals surface area contributed by atoms with Crippen LogP contribution in [0.1, 0.15) is 42.1 Å². The normalized spacial score (nSPS) is 23.1. The molecule has 0 amide bonds. The highest BCUT2D eigenvalue weighted by Gasteiger charge is 2.25. The van der Waals surface area contributed by atoms with E-state index in [2.05, 4.69) is 11.4 Å². The average molecular weight is 221 g/mol. The van der Waals surface area contributed by atoms with Crippen LogP contribution in [0.2, 0.25) is 0 Å². The van der Waals surface area contributed by atoms with Gasteiger partial charge in [-0.1, -0.05) is 30.2 Å². The van der Waals surface area contributed by atoms with Gasteiger partial charge in [0.05, 0.1) is 0 Å². The lowest BCUT2D eigenvalue weighted by Crippen LogP contribution is -2.37. The first-order chi connectivity index (χ1) is 7.68. The van der Waals surface area contributed by atoms with Crippen LogP contribution in [0.3, 0.4) is 0 Å². The zero-order valence-electron chi connectivity index (χ0n) is 10.1. The monoisotopic (exact) mass is 221 g/mol. The molecule has 1 heterocycles. The molecule has 1 aromatic rings. The van der Waals surface area contributed by atoms with E-state index >= 15 is 0 Å². The Hall–Kier alpha value is -0.890. The van der Waals surface area contributed by atoms with E-state index in [0.29, 0.717) is 0 Å². The molecule has 0 aliphatic carbocycles. The van der Waals surface area contributed by atoms with E-state index in [-0.39, 0.29) is 6.04 Å². The summed E-state index contributed by atoms with van der Waals surface area (Å²) in [5.74, 6) is 0. The molecule has 1 aliphatic heterocycles. The number of hydrogen-bond acceptors (Lipinski definition) is 1. The van der Waals surface area contributed by atoms with Crippen LogP contribution in [-0.4, -0.2) is 12.6 Å². The van der Waals surface area contributed by atoms with Crippen molar-refractivity contribution in [3.8, 4) is 0 Å². The van der Waals surface area contributed by atoms with Gasteiger partial charge in [0.25, 0.3) is 0 Å². The summed E-state index contributed by atoms with van der Waals surface area (Å²) in [7, 11) is 0. The molecule has 0 aromatic heterocycles. The molecule has 1 N–H and O–H groups in total. The molecule has 16 heavy (non-hydrogen) atoms. The predicted octanol–water partition coefficient (Wildman–Crippen LogP) is 3.46. The van der Waals surface area contributed by atoms with Crippen molar-refractivity contribution in [2.24, 2.45) is 0 Å². The summed E-state index contributed by atoms with van der Waals surface area (Å²) in [5.41, 5.74) is 3.12. The molecule has 1 nitrogen and oxygen atoms in total. The van der Waals surface area contributed by atoms with Crippen molar-refractivity contribution in [1.29, 1.82) is 0 Å². The van der Waals surface area contributed by atoms with E-state index in [1.54, 1.807) is 0 Å². The van der Waals surface area contributed by atoms with Crippen LogP contribution >= 0.6 is 0 Å². The number of rotatable bonds is 2. The molecular formula is C14H20FN. The van der Waals surface area contributed by atoms with Crippen molar-refractivity contribution in [1.82, 2.24) is 5.32 Å². The first kappa shape index (κ1) is 11.6. The molecule has 1 saturated heterocycles. The number of benzene rings is 1. The molecule has 2 heteroatoms. The molecule has 1 aliphatic rings. The van der Waals surface area contributed by atoms with Crippen LogP contribution in [-0.2, 0) is 0 Å². The molecular weight excluding hydrogens is 201 g/mol. The Labute approximate surface area is 97.1 Å². The Morgan fingerprint density at radius 3 is 2.75 bits per heavy atom. The van der Waals surface area contributed by atoms with Crippen LogP contribution in [0.4, 0.5) is 4.39 Å². The SMILES string of the molecule is Cc1ccc(C(F)C2CCCCN2)c(C)c1. The van der Waals surface area contributed by atoms with Gasteiger partial charge < -0.3 is 5.32 Å². The van der Waals surface area contributed by atoms with Crippen LogP contribution < -0.4 is 5.32 Å². The highest BCUT2D eigenvalue weighted by atomic mass is 19.1. The maximum absolute atomic E-state index is 14.4. The second kappa shape index (κ2) is 4.96. The zero-order chi connectivity index (χ0) is 11.5. The Bertz CT molecular complexity index is 356. The number of hydrogen-bond donors (Lipinski definition) is 1. The highest BCUT2D eigenvalue weighted by Crippen LogP contribution is 2.29. The number of aryl methyl sites for hydroxylation is 2. The van der Waals surface area contributed by atoms with Gasteiger partial charge in [-0.2, -0.15) is 0 Å². The Kier molecular flexibility index (Phi) is 3.59. The minimum Gasteiger partial charge on any atom is -0.311 e. The Morgan fingerprint density at radius 2 is 2.12 bits per heavy atom. The predicted molar refractivity (Wildman–Crippen MR) is 65.4 cm³/mol. The second-order valence-electron chi connectivity index (χ2n) is 4.82. The van der Waals surface area contributed by atoms with Crippen molar-refractivity contribution in [2.75, 3.05) is 6.54 Å². The summed E-state index contributed by atoms with van der Waals surface area (Å²) in [5, 5.41) is 3.28. The summed E-state index contributed by atoms with van der Waals surface area (Å²) < 4.78 is 14.4. The summed E-state index contributed by atoms with van der Waals surface area (Å²) >= 11 is 0. The summed E-state index contributed by atoms with van der Waals surface area (Å²) in [6.45, 7) is 5.00. The zero-order valence-corrected chi connectivity index (χ0v) is 10.1. The van der Waals surface area contributed by atoms with E-state index in [0.717, 1.165) is 30.5 Å². The maximum Gasteiger partial charge on any atom is 0.141 e. The highest BCUT2D eigenvalue weighted by molar-refractivity contribution is 5.32. The lowest BCUT2D eigenvalue weighted by atomic mass is 9.93. The standard InChI is InChI=1S/C14H20FN/c1-10-6-7-12(11(2)9-10)14(15)13-5-3-4-8-16-13/h6-7,9,13-14,16H,3-5,8H2,1-2H3. The lowest BCUT2D eigenvalue weighted by Gasteiger charge is -2.27. The van der Waals surface area contributed by atoms with Crippen LogP contribution in [0.5, 0.6) is 0 Å². The van der Waals surface area contributed by atoms with Crippen molar-refractivity contribution in [2.45, 2.75) is 45.3 Å². The smallest absolute Gasteiger partial charge is 0.141 e. The van der Waals surface area contributed by atoms with E-state index in [1.807, 2.05) is 26.0 Å². The van der Waals surface area contributed by atoms with Gasteiger partial charge in [-0.15, -0.1) is 0 Å². The third-order valence-electron chi connectivity index (χ3n) is 3.42. The number of halogens is 1. The minimum absolute atomic E-state index is 0.00940. The third-order valence-corrected chi connectivity index (χ3v) is 3.42. The topological polar surface area (TPSA) is 12.0 Å². The molecule has 0 bridgehead atoms. The number of nitrogens with one attached hydrogen (secondary N) is 1. The van der Waals surface area contributed by atoms with Crippen LogP contribution in [0.15, 0.2) is 18.2 Å². The summed E-state index contributed by atoms with van der Waals surface area (Å²) in [4.78, 5) is 0. The van der Waals surface area contributed by atoms with Crippen molar-refractivity contribution in [3.05, 3.63) is 34.9 Å². The van der Waals surface area contributed by atoms with Gasteiger partial charge in [0, 0.05) is 6.04 Å². The molecule has 0 saturated carbocycles. The molecule has 2 atom stereocenters. The lowest BCUT2D eigenvalue weighted by molar-refractivity contribution is 0.220. The minimum atomic E-state index is -0.860. The van der Waals surface area contributed by atoms with Crippen molar-refractivity contribution >= 4 is 0 Å². The van der Waals surface area contributed by atoms with Gasteiger partial charge in [-0.3, -0.25) is 0 Å². The van der Waals surface area contributed by atoms with Gasteiger partial charge in [-0.25, -0.2) is 4.39 Å². The van der Waals surface area contributed by atoms with Crippen molar-refractivity contribution in [3.63, 3.8) is 0 Å². The third kappa shape index (κ3) is 2.43.